The minimum atomic E-state index is -4.33. The third kappa shape index (κ3) is 4.96. The molecule has 3 aromatic carbocycles. The van der Waals surface area contributed by atoms with Crippen molar-refractivity contribution in [2.45, 2.75) is 38.5 Å². The number of halogens is 3. The van der Waals surface area contributed by atoms with Gasteiger partial charge in [0.05, 0.1) is 12.2 Å². The van der Waals surface area contributed by atoms with Crippen LogP contribution in [-0.2, 0) is 19.2 Å². The van der Waals surface area contributed by atoms with E-state index in [0.29, 0.717) is 6.61 Å². The normalized spacial score (nSPS) is 14.2. The van der Waals surface area contributed by atoms with Crippen LogP contribution in [0.5, 0.6) is 11.5 Å². The van der Waals surface area contributed by atoms with E-state index < -0.39 is 11.7 Å². The largest absolute Gasteiger partial charge is 0.493 e. The van der Waals surface area contributed by atoms with Gasteiger partial charge in [-0.25, -0.2) is 0 Å². The molecule has 0 unspecified atom stereocenters. The summed E-state index contributed by atoms with van der Waals surface area (Å²) in [6.45, 7) is 1.10. The van der Waals surface area contributed by atoms with Gasteiger partial charge in [-0.2, -0.15) is 13.2 Å². The van der Waals surface area contributed by atoms with Crippen LogP contribution in [0, 0.1) is 0 Å². The third-order valence-corrected chi connectivity index (χ3v) is 5.26. The second-order valence-electron chi connectivity index (χ2n) is 7.49. The van der Waals surface area contributed by atoms with Crippen LogP contribution in [-0.4, -0.2) is 6.61 Å². The van der Waals surface area contributed by atoms with Gasteiger partial charge >= 0.3 is 6.18 Å². The molecule has 5 heteroatoms. The van der Waals surface area contributed by atoms with Crippen LogP contribution < -0.4 is 9.47 Å². The summed E-state index contributed by atoms with van der Waals surface area (Å²) >= 11 is 0. The molecule has 0 aromatic heterocycles. The van der Waals surface area contributed by atoms with Crippen molar-refractivity contribution in [3.8, 4) is 22.6 Å². The van der Waals surface area contributed by atoms with Gasteiger partial charge in [0.25, 0.3) is 0 Å². The number of benzene rings is 3. The summed E-state index contributed by atoms with van der Waals surface area (Å²) < 4.78 is 50.1. The van der Waals surface area contributed by atoms with E-state index in [2.05, 4.69) is 6.07 Å². The Hall–Kier alpha value is -2.95. The molecule has 0 atom stereocenters. The summed E-state index contributed by atoms with van der Waals surface area (Å²) in [4.78, 5) is 0. The number of alkyl halides is 3. The molecular weight excluding hydrogens is 389 g/mol. The molecule has 4 rings (SSSR count). The van der Waals surface area contributed by atoms with Gasteiger partial charge in [-0.1, -0.05) is 36.4 Å². The molecule has 0 N–H and O–H groups in total. The fourth-order valence-corrected chi connectivity index (χ4v) is 3.60. The lowest BCUT2D eigenvalue weighted by atomic mass is 10.0. The van der Waals surface area contributed by atoms with E-state index in [1.54, 1.807) is 0 Å². The molecule has 0 aliphatic carbocycles. The van der Waals surface area contributed by atoms with Crippen molar-refractivity contribution in [2.75, 3.05) is 6.61 Å². The van der Waals surface area contributed by atoms with Crippen molar-refractivity contribution in [1.82, 2.24) is 0 Å². The average Bonchev–Trinajstić information content (AvgIpc) is 2.73. The number of aryl methyl sites for hydroxylation is 1. The lowest BCUT2D eigenvalue weighted by molar-refractivity contribution is -0.137. The van der Waals surface area contributed by atoms with Gasteiger partial charge in [-0.05, 0) is 72.2 Å². The van der Waals surface area contributed by atoms with Crippen LogP contribution in [0.15, 0.2) is 66.7 Å². The van der Waals surface area contributed by atoms with E-state index >= 15 is 0 Å². The van der Waals surface area contributed by atoms with Crippen LogP contribution in [0.3, 0.4) is 0 Å². The van der Waals surface area contributed by atoms with Gasteiger partial charge < -0.3 is 9.47 Å². The van der Waals surface area contributed by atoms with Gasteiger partial charge in [0, 0.05) is 6.07 Å². The fourth-order valence-electron chi connectivity index (χ4n) is 3.60. The smallest absolute Gasteiger partial charge is 0.416 e. The number of ether oxygens (including phenoxy) is 2. The summed E-state index contributed by atoms with van der Waals surface area (Å²) in [5.74, 6) is 1.64. The molecule has 2 nitrogen and oxygen atoms in total. The zero-order chi connectivity index (χ0) is 21.0. The van der Waals surface area contributed by atoms with Crippen LogP contribution in [0.4, 0.5) is 13.2 Å². The molecule has 3 aromatic rings. The summed E-state index contributed by atoms with van der Waals surface area (Å²) in [7, 11) is 0. The molecule has 0 radical (unpaired) electrons. The van der Waals surface area contributed by atoms with Crippen molar-refractivity contribution in [3.63, 3.8) is 0 Å². The standard InChI is InChI=1S/C25H23F3O2/c26-25(27,28)22-11-8-19(9-12-22)21-7-4-5-18(15-21)17-30-23-13-10-20-6-2-1-3-14-29-24(20)16-23/h4-5,7-13,15-16H,1-3,6,14,17H2. The minimum Gasteiger partial charge on any atom is -0.493 e. The van der Waals surface area contributed by atoms with E-state index in [9.17, 15) is 13.2 Å². The summed E-state index contributed by atoms with van der Waals surface area (Å²) in [5.41, 5.74) is 3.10. The SMILES string of the molecule is FC(F)(F)c1ccc(-c2cccc(COc3ccc4c(c3)OCCCCC4)c2)cc1. The second-order valence-corrected chi connectivity index (χ2v) is 7.49. The first-order valence-corrected chi connectivity index (χ1v) is 10.1. The Morgan fingerprint density at radius 2 is 1.67 bits per heavy atom. The maximum absolute atomic E-state index is 12.8. The topological polar surface area (TPSA) is 18.5 Å². The van der Waals surface area contributed by atoms with E-state index in [4.69, 9.17) is 9.47 Å². The number of fused-ring (bicyclic) bond motifs is 1. The lowest BCUT2D eigenvalue weighted by Crippen LogP contribution is -2.05. The van der Waals surface area contributed by atoms with Crippen molar-refractivity contribution < 1.29 is 22.6 Å². The predicted octanol–water partition coefficient (Wildman–Crippen LogP) is 7.06. The summed E-state index contributed by atoms with van der Waals surface area (Å²) in [5, 5.41) is 0. The van der Waals surface area contributed by atoms with E-state index in [1.807, 2.05) is 36.4 Å². The van der Waals surface area contributed by atoms with Gasteiger partial charge in [0.2, 0.25) is 0 Å². The van der Waals surface area contributed by atoms with Crippen LogP contribution >= 0.6 is 0 Å². The van der Waals surface area contributed by atoms with Crippen LogP contribution in [0.25, 0.3) is 11.1 Å². The van der Waals surface area contributed by atoms with E-state index in [0.717, 1.165) is 59.8 Å². The molecule has 0 amide bonds. The Morgan fingerprint density at radius 3 is 2.47 bits per heavy atom. The number of hydrogen-bond acceptors (Lipinski definition) is 2. The molecule has 1 aliphatic heterocycles. The first-order valence-electron chi connectivity index (χ1n) is 10.1. The van der Waals surface area contributed by atoms with Gasteiger partial charge in [-0.3, -0.25) is 0 Å². The number of hydrogen-bond donors (Lipinski definition) is 0. The predicted molar refractivity (Wildman–Crippen MR) is 111 cm³/mol. The van der Waals surface area contributed by atoms with Gasteiger partial charge in [-0.15, -0.1) is 0 Å². The van der Waals surface area contributed by atoms with Crippen molar-refractivity contribution >= 4 is 0 Å². The molecule has 0 bridgehead atoms. The van der Waals surface area contributed by atoms with Crippen LogP contribution in [0.2, 0.25) is 0 Å². The molecule has 30 heavy (non-hydrogen) atoms. The first-order chi connectivity index (χ1) is 14.5. The lowest BCUT2D eigenvalue weighted by Gasteiger charge is -2.16. The molecule has 0 saturated carbocycles. The highest BCUT2D eigenvalue weighted by molar-refractivity contribution is 5.64. The Kier molecular flexibility index (Phi) is 5.98. The average molecular weight is 412 g/mol. The van der Waals surface area contributed by atoms with Crippen molar-refractivity contribution in [1.29, 1.82) is 0 Å². The molecular formula is C25H23F3O2. The molecule has 1 heterocycles. The van der Waals surface area contributed by atoms with E-state index in [-0.39, 0.29) is 0 Å². The highest BCUT2D eigenvalue weighted by Crippen LogP contribution is 2.32. The minimum absolute atomic E-state index is 0.368. The fraction of sp³-hybridized carbons (Fsp3) is 0.280. The quantitative estimate of drug-likeness (QED) is 0.457. The van der Waals surface area contributed by atoms with Crippen molar-refractivity contribution in [3.05, 3.63) is 83.4 Å². The Labute approximate surface area is 174 Å². The molecule has 1 aliphatic rings. The highest BCUT2D eigenvalue weighted by Gasteiger charge is 2.29. The number of rotatable bonds is 4. The van der Waals surface area contributed by atoms with Crippen LogP contribution in [0.1, 0.15) is 36.0 Å². The highest BCUT2D eigenvalue weighted by atomic mass is 19.4. The second kappa shape index (κ2) is 8.82. The van der Waals surface area contributed by atoms with Gasteiger partial charge in [0.15, 0.2) is 0 Å². The molecule has 0 saturated heterocycles. The maximum Gasteiger partial charge on any atom is 0.416 e. The van der Waals surface area contributed by atoms with Gasteiger partial charge in [0.1, 0.15) is 18.1 Å². The molecule has 0 fully saturated rings. The molecule has 0 spiro atoms. The third-order valence-electron chi connectivity index (χ3n) is 5.26. The molecule has 156 valence electrons. The summed E-state index contributed by atoms with van der Waals surface area (Å²) in [6, 6.07) is 18.8. The first kappa shape index (κ1) is 20.3. The Morgan fingerprint density at radius 1 is 0.833 bits per heavy atom. The van der Waals surface area contributed by atoms with E-state index in [1.165, 1.54) is 30.5 Å². The zero-order valence-electron chi connectivity index (χ0n) is 16.5. The Balaban J connectivity index is 1.45. The monoisotopic (exact) mass is 412 g/mol. The van der Waals surface area contributed by atoms with Crippen molar-refractivity contribution in [2.24, 2.45) is 0 Å². The summed E-state index contributed by atoms with van der Waals surface area (Å²) in [6.07, 6.45) is 0.122. The Bertz CT molecular complexity index is 994. The zero-order valence-corrected chi connectivity index (χ0v) is 16.5. The maximum atomic E-state index is 12.8.